The molecule has 16 heteroatoms. The van der Waals surface area contributed by atoms with Crippen molar-refractivity contribution >= 4 is 28.5 Å². The first-order valence-electron chi connectivity index (χ1n) is 10.4. The van der Waals surface area contributed by atoms with E-state index in [9.17, 15) is 32.6 Å². The number of nitrogens with zero attached hydrogens (tertiary/aromatic N) is 6. The van der Waals surface area contributed by atoms with Gasteiger partial charge in [0.25, 0.3) is 5.91 Å². The summed E-state index contributed by atoms with van der Waals surface area (Å²) in [6.45, 7) is -3.97. The highest BCUT2D eigenvalue weighted by atomic mass is 79.9. The second-order valence-corrected chi connectivity index (χ2v) is 7.66. The molecule has 3 N–H and O–H groups in total. The van der Waals surface area contributed by atoms with Gasteiger partial charge in [-0.15, -0.1) is 27.2 Å². The first-order valence-corrected chi connectivity index (χ1v) is 10.4. The number of halogens is 5. The normalized spacial score (nSPS) is 11.6. The molecular weight excluding hydrogens is 570 g/mol. The third-order valence-electron chi connectivity index (χ3n) is 5.36. The second-order valence-electron chi connectivity index (χ2n) is 7.66. The van der Waals surface area contributed by atoms with Crippen LogP contribution in [0.25, 0.3) is 5.65 Å². The van der Waals surface area contributed by atoms with Crippen molar-refractivity contribution in [1.82, 2.24) is 34.9 Å². The number of tetrazole rings is 1. The summed E-state index contributed by atoms with van der Waals surface area (Å²) in [5, 5.41) is 32.1. The molecule has 11 nitrogen and oxygen atoms in total. The zero-order valence-corrected chi connectivity index (χ0v) is 20.7. The number of carbonyl (C=O) groups is 1. The number of hydrogen-bond donors (Lipinski definition) is 3. The van der Waals surface area contributed by atoms with Gasteiger partial charge in [0.15, 0.2) is 16.9 Å². The lowest BCUT2D eigenvalue weighted by atomic mass is 10.0. The van der Waals surface area contributed by atoms with Crippen molar-refractivity contribution in [3.8, 4) is 5.75 Å². The highest BCUT2D eigenvalue weighted by Gasteiger charge is 2.39. The van der Waals surface area contributed by atoms with Crippen LogP contribution < -0.4 is 10.1 Å². The maximum Gasteiger partial charge on any atom is 0.350 e. The van der Waals surface area contributed by atoms with Crippen LogP contribution in [-0.4, -0.2) is 58.9 Å². The quantitative estimate of drug-likeness (QED) is 0.252. The first kappa shape index (κ1) is 27.9. The third kappa shape index (κ3) is 5.26. The number of aryl methyl sites for hydroxylation is 1. The van der Waals surface area contributed by atoms with Crippen LogP contribution in [0.1, 0.15) is 34.1 Å². The molecule has 0 aliphatic heterocycles. The maximum atomic E-state index is 14.0. The van der Waals surface area contributed by atoms with E-state index >= 15 is 0 Å². The molecule has 0 saturated heterocycles. The van der Waals surface area contributed by atoms with Crippen LogP contribution in [0, 0.1) is 18.6 Å². The molecule has 0 bridgehead atoms. The fourth-order valence-corrected chi connectivity index (χ4v) is 3.46. The SMILES string of the molecule is Br.Cc1nc2c(OCc3c(F)cccc3F)cccn2c1C(=O)NC(CO)(CO)c1nnn(C(F)F)n1. The van der Waals surface area contributed by atoms with E-state index < -0.39 is 55.3 Å². The molecule has 3 heterocycles. The van der Waals surface area contributed by atoms with E-state index in [1.807, 2.05) is 0 Å². The largest absolute Gasteiger partial charge is 0.485 e. The number of amides is 1. The van der Waals surface area contributed by atoms with Gasteiger partial charge in [-0.2, -0.15) is 8.78 Å². The molecule has 0 saturated carbocycles. The van der Waals surface area contributed by atoms with E-state index in [-0.39, 0.29) is 50.1 Å². The summed E-state index contributed by atoms with van der Waals surface area (Å²) in [4.78, 5) is 17.5. The van der Waals surface area contributed by atoms with Crippen molar-refractivity contribution in [1.29, 1.82) is 0 Å². The number of pyridine rings is 1. The molecule has 198 valence electrons. The van der Waals surface area contributed by atoms with Crippen molar-refractivity contribution in [2.24, 2.45) is 0 Å². The summed E-state index contributed by atoms with van der Waals surface area (Å²) < 4.78 is 60.5. The zero-order chi connectivity index (χ0) is 26.0. The predicted octanol–water partition coefficient (Wildman–Crippen LogP) is 2.07. The van der Waals surface area contributed by atoms with Crippen LogP contribution in [0.5, 0.6) is 5.75 Å². The van der Waals surface area contributed by atoms with Gasteiger partial charge in [-0.1, -0.05) is 10.9 Å². The van der Waals surface area contributed by atoms with Crippen LogP contribution in [0.3, 0.4) is 0 Å². The topological polar surface area (TPSA) is 140 Å². The Balaban J connectivity index is 0.00000380. The van der Waals surface area contributed by atoms with Crippen molar-refractivity contribution < 1.29 is 37.3 Å². The minimum absolute atomic E-state index is 0. The van der Waals surface area contributed by atoms with E-state index in [2.05, 4.69) is 25.7 Å². The molecule has 0 aliphatic carbocycles. The Labute approximate surface area is 216 Å². The minimum atomic E-state index is -3.13. The van der Waals surface area contributed by atoms with Crippen molar-refractivity contribution in [2.45, 2.75) is 25.6 Å². The van der Waals surface area contributed by atoms with Crippen LogP contribution in [0.4, 0.5) is 17.6 Å². The number of aliphatic hydroxyl groups excluding tert-OH is 2. The van der Waals surface area contributed by atoms with Crippen LogP contribution in [-0.2, 0) is 12.1 Å². The number of hydrogen-bond acceptors (Lipinski definition) is 8. The number of imidazole rings is 1. The molecule has 37 heavy (non-hydrogen) atoms. The third-order valence-corrected chi connectivity index (χ3v) is 5.36. The minimum Gasteiger partial charge on any atom is -0.485 e. The lowest BCUT2D eigenvalue weighted by Crippen LogP contribution is -2.52. The molecule has 4 aromatic rings. The molecule has 4 rings (SSSR count). The number of rotatable bonds is 9. The molecule has 1 aromatic carbocycles. The summed E-state index contributed by atoms with van der Waals surface area (Å²) in [6, 6.07) is 6.39. The Morgan fingerprint density at radius 1 is 1.16 bits per heavy atom. The lowest BCUT2D eigenvalue weighted by Gasteiger charge is -2.27. The van der Waals surface area contributed by atoms with Crippen molar-refractivity contribution in [3.05, 3.63) is 70.9 Å². The molecule has 0 radical (unpaired) electrons. The van der Waals surface area contributed by atoms with Gasteiger partial charge in [-0.3, -0.25) is 9.20 Å². The molecule has 3 aromatic heterocycles. The molecule has 0 unspecified atom stereocenters. The van der Waals surface area contributed by atoms with Crippen LogP contribution in [0.15, 0.2) is 36.5 Å². The first-order chi connectivity index (χ1) is 17.2. The van der Waals surface area contributed by atoms with Crippen molar-refractivity contribution in [2.75, 3.05) is 13.2 Å². The Morgan fingerprint density at radius 2 is 1.84 bits per heavy atom. The maximum absolute atomic E-state index is 14.0. The second kappa shape index (κ2) is 11.2. The van der Waals surface area contributed by atoms with Crippen LogP contribution in [0.2, 0.25) is 0 Å². The molecular formula is C21H20BrF4N7O4. The Hall–Kier alpha value is -3.63. The average molecular weight is 590 g/mol. The van der Waals surface area contributed by atoms with Gasteiger partial charge in [-0.25, -0.2) is 13.8 Å². The Bertz CT molecular complexity index is 1390. The van der Waals surface area contributed by atoms with E-state index in [1.54, 1.807) is 0 Å². The van der Waals surface area contributed by atoms with Gasteiger partial charge < -0.3 is 20.3 Å². The average Bonchev–Trinajstić information content (AvgIpc) is 3.47. The summed E-state index contributed by atoms with van der Waals surface area (Å²) in [5.74, 6) is -2.87. The monoisotopic (exact) mass is 589 g/mol. The zero-order valence-electron chi connectivity index (χ0n) is 19.0. The van der Waals surface area contributed by atoms with Gasteiger partial charge in [0.1, 0.15) is 23.9 Å². The summed E-state index contributed by atoms with van der Waals surface area (Å²) in [6.07, 6.45) is 1.46. The van der Waals surface area contributed by atoms with Crippen LogP contribution >= 0.6 is 17.0 Å². The predicted molar refractivity (Wildman–Crippen MR) is 123 cm³/mol. The number of carbonyl (C=O) groups excluding carboxylic acids is 1. The molecule has 0 spiro atoms. The van der Waals surface area contributed by atoms with Gasteiger partial charge >= 0.3 is 6.55 Å². The molecule has 0 aliphatic rings. The van der Waals surface area contributed by atoms with Gasteiger partial charge in [0.2, 0.25) is 5.82 Å². The summed E-state index contributed by atoms with van der Waals surface area (Å²) in [5.41, 5.74) is -2.07. The number of benzene rings is 1. The highest BCUT2D eigenvalue weighted by molar-refractivity contribution is 8.93. The Morgan fingerprint density at radius 3 is 2.43 bits per heavy atom. The number of aliphatic hydroxyl groups is 2. The fourth-order valence-electron chi connectivity index (χ4n) is 3.46. The van der Waals surface area contributed by atoms with E-state index in [0.29, 0.717) is 0 Å². The van der Waals surface area contributed by atoms with E-state index in [0.717, 1.165) is 12.1 Å². The standard InChI is InChI=1S/C21H19F4N7O4.BrH/c1-11-16(18(35)27-21(9-33,10-34)19-28-30-32(29-19)20(24)25)31-7-3-6-15(17(31)26-11)36-8-12-13(22)4-2-5-14(12)23;/h2-7,20,33-34H,8-10H2,1H3,(H,27,35);1H. The number of aromatic nitrogens is 6. The van der Waals surface area contributed by atoms with Gasteiger partial charge in [0.05, 0.1) is 24.5 Å². The van der Waals surface area contributed by atoms with Crippen molar-refractivity contribution in [3.63, 3.8) is 0 Å². The summed E-state index contributed by atoms with van der Waals surface area (Å²) >= 11 is 0. The van der Waals surface area contributed by atoms with E-state index in [1.165, 1.54) is 35.7 Å². The summed E-state index contributed by atoms with van der Waals surface area (Å²) in [7, 11) is 0. The lowest BCUT2D eigenvalue weighted by molar-refractivity contribution is 0.0369. The highest BCUT2D eigenvalue weighted by Crippen LogP contribution is 2.25. The van der Waals surface area contributed by atoms with Gasteiger partial charge in [-0.05, 0) is 36.4 Å². The van der Waals surface area contributed by atoms with E-state index in [4.69, 9.17) is 4.74 Å². The molecule has 0 atom stereocenters. The number of ether oxygens (including phenoxy) is 1. The number of fused-ring (bicyclic) bond motifs is 1. The molecule has 1 amide bonds. The fraction of sp³-hybridized carbons (Fsp3) is 0.286. The molecule has 0 fully saturated rings. The Kier molecular flexibility index (Phi) is 8.45. The smallest absolute Gasteiger partial charge is 0.350 e. The number of alkyl halides is 2. The number of nitrogens with one attached hydrogen (secondary N) is 1. The van der Waals surface area contributed by atoms with Gasteiger partial charge in [0, 0.05) is 6.20 Å².